The SMILES string of the molecule is CCn1nc(OCC(=O)C(C)(C)C)c(-c2ccccc2)c1-c1ccc(S(C)(=O)=O)cc1. The molecule has 164 valence electrons. The number of ketones is 1. The van der Waals surface area contributed by atoms with E-state index in [2.05, 4.69) is 5.10 Å². The number of ether oxygens (including phenoxy) is 1. The van der Waals surface area contributed by atoms with Crippen LogP contribution in [0.5, 0.6) is 5.88 Å². The third-order valence-corrected chi connectivity index (χ3v) is 6.14. The van der Waals surface area contributed by atoms with E-state index in [4.69, 9.17) is 4.74 Å². The lowest BCUT2D eigenvalue weighted by molar-refractivity contribution is -0.128. The summed E-state index contributed by atoms with van der Waals surface area (Å²) in [5.74, 6) is 0.365. The van der Waals surface area contributed by atoms with Crippen LogP contribution in [0.2, 0.25) is 0 Å². The van der Waals surface area contributed by atoms with Crippen LogP contribution >= 0.6 is 0 Å². The van der Waals surface area contributed by atoms with Gasteiger partial charge in [-0.2, -0.15) is 0 Å². The van der Waals surface area contributed by atoms with Gasteiger partial charge in [-0.15, -0.1) is 5.10 Å². The van der Waals surface area contributed by atoms with Crippen molar-refractivity contribution in [1.82, 2.24) is 9.78 Å². The number of Topliss-reactive ketones (excluding diaryl/α,β-unsaturated/α-hetero) is 1. The van der Waals surface area contributed by atoms with E-state index in [1.165, 1.54) is 6.26 Å². The summed E-state index contributed by atoms with van der Waals surface area (Å²) in [6, 6.07) is 16.4. The van der Waals surface area contributed by atoms with Crippen molar-refractivity contribution in [3.8, 4) is 28.3 Å². The van der Waals surface area contributed by atoms with Crippen molar-refractivity contribution in [2.75, 3.05) is 12.9 Å². The summed E-state index contributed by atoms with van der Waals surface area (Å²) < 4.78 is 31.5. The monoisotopic (exact) mass is 440 g/mol. The average Bonchev–Trinajstić information content (AvgIpc) is 3.10. The van der Waals surface area contributed by atoms with E-state index in [9.17, 15) is 13.2 Å². The number of benzene rings is 2. The van der Waals surface area contributed by atoms with E-state index in [0.29, 0.717) is 12.4 Å². The molecule has 0 fully saturated rings. The van der Waals surface area contributed by atoms with Crippen LogP contribution in [0.3, 0.4) is 0 Å². The molecule has 1 heterocycles. The van der Waals surface area contributed by atoms with Crippen molar-refractivity contribution in [3.63, 3.8) is 0 Å². The molecular weight excluding hydrogens is 412 g/mol. The number of hydrogen-bond donors (Lipinski definition) is 0. The lowest BCUT2D eigenvalue weighted by atomic mass is 9.91. The topological polar surface area (TPSA) is 78.3 Å². The minimum atomic E-state index is -3.29. The normalized spacial score (nSPS) is 12.0. The highest BCUT2D eigenvalue weighted by atomic mass is 32.2. The Hall–Kier alpha value is -2.93. The summed E-state index contributed by atoms with van der Waals surface area (Å²) in [5, 5.41) is 4.63. The molecule has 31 heavy (non-hydrogen) atoms. The zero-order valence-electron chi connectivity index (χ0n) is 18.5. The Kier molecular flexibility index (Phi) is 6.36. The Balaban J connectivity index is 2.14. The number of carbonyl (C=O) groups excluding carboxylic acids is 1. The molecule has 3 aromatic rings. The fraction of sp³-hybridized carbons (Fsp3) is 0.333. The Morgan fingerprint density at radius 3 is 2.13 bits per heavy atom. The van der Waals surface area contributed by atoms with Gasteiger partial charge in [0.2, 0.25) is 5.88 Å². The van der Waals surface area contributed by atoms with Crippen LogP contribution in [-0.4, -0.2) is 36.8 Å². The van der Waals surface area contributed by atoms with Crippen molar-refractivity contribution in [3.05, 3.63) is 54.6 Å². The van der Waals surface area contributed by atoms with Gasteiger partial charge in [-0.3, -0.25) is 9.48 Å². The fourth-order valence-corrected chi connectivity index (χ4v) is 3.77. The molecule has 0 atom stereocenters. The summed E-state index contributed by atoms with van der Waals surface area (Å²) in [4.78, 5) is 12.7. The molecule has 0 bridgehead atoms. The number of rotatable bonds is 7. The zero-order valence-corrected chi connectivity index (χ0v) is 19.4. The maximum Gasteiger partial charge on any atom is 0.241 e. The van der Waals surface area contributed by atoms with E-state index in [1.807, 2.05) is 62.7 Å². The second-order valence-corrected chi connectivity index (χ2v) is 10.5. The molecule has 0 radical (unpaired) electrons. The molecule has 6 nitrogen and oxygen atoms in total. The molecule has 2 aromatic carbocycles. The van der Waals surface area contributed by atoms with Gasteiger partial charge in [-0.25, -0.2) is 8.42 Å². The maximum atomic E-state index is 12.4. The van der Waals surface area contributed by atoms with Crippen LogP contribution in [0, 0.1) is 5.41 Å². The molecular formula is C24H28N2O4S. The first kappa shape index (κ1) is 22.7. The van der Waals surface area contributed by atoms with Crippen LogP contribution in [0.15, 0.2) is 59.5 Å². The first-order chi connectivity index (χ1) is 14.5. The molecule has 3 rings (SSSR count). The van der Waals surface area contributed by atoms with Gasteiger partial charge in [0.25, 0.3) is 0 Å². The van der Waals surface area contributed by atoms with E-state index < -0.39 is 15.3 Å². The van der Waals surface area contributed by atoms with Crippen LogP contribution in [0.1, 0.15) is 27.7 Å². The molecule has 0 aliphatic carbocycles. The molecule has 7 heteroatoms. The van der Waals surface area contributed by atoms with Crippen molar-refractivity contribution >= 4 is 15.6 Å². The number of aromatic nitrogens is 2. The highest BCUT2D eigenvalue weighted by molar-refractivity contribution is 7.90. The van der Waals surface area contributed by atoms with Gasteiger partial charge in [0, 0.05) is 23.8 Å². The summed E-state index contributed by atoms with van der Waals surface area (Å²) in [7, 11) is -3.29. The van der Waals surface area contributed by atoms with Crippen LogP contribution in [-0.2, 0) is 21.2 Å². The van der Waals surface area contributed by atoms with Gasteiger partial charge < -0.3 is 4.74 Å². The van der Waals surface area contributed by atoms with Gasteiger partial charge in [0.15, 0.2) is 15.6 Å². The summed E-state index contributed by atoms with van der Waals surface area (Å²) in [5.41, 5.74) is 2.80. The van der Waals surface area contributed by atoms with E-state index in [1.54, 1.807) is 24.3 Å². The standard InChI is InChI=1S/C24H28N2O4S/c1-6-26-22(18-12-14-19(15-13-18)31(5,28)29)21(17-10-8-7-9-11-17)23(25-26)30-16-20(27)24(2,3)4/h7-15H,6,16H2,1-5H3. The summed E-state index contributed by atoms with van der Waals surface area (Å²) in [6.07, 6.45) is 1.19. The number of carbonyl (C=O) groups is 1. The Morgan fingerprint density at radius 1 is 1.00 bits per heavy atom. The second-order valence-electron chi connectivity index (χ2n) is 8.47. The summed E-state index contributed by atoms with van der Waals surface area (Å²) in [6.45, 7) is 8.05. The number of aryl methyl sites for hydroxylation is 1. The predicted molar refractivity (Wildman–Crippen MR) is 122 cm³/mol. The van der Waals surface area contributed by atoms with Crippen molar-refractivity contribution in [1.29, 1.82) is 0 Å². The van der Waals surface area contributed by atoms with Gasteiger partial charge in [-0.1, -0.05) is 63.2 Å². The average molecular weight is 441 g/mol. The third-order valence-electron chi connectivity index (χ3n) is 5.01. The lowest BCUT2D eigenvalue weighted by Gasteiger charge is -2.16. The molecule has 0 saturated heterocycles. The minimum Gasteiger partial charge on any atom is -0.468 e. The third kappa shape index (κ3) is 5.05. The van der Waals surface area contributed by atoms with Crippen molar-refractivity contribution < 1.29 is 17.9 Å². The molecule has 0 aliphatic heterocycles. The first-order valence-corrected chi connectivity index (χ1v) is 12.0. The van der Waals surface area contributed by atoms with Gasteiger partial charge in [-0.05, 0) is 24.6 Å². The Morgan fingerprint density at radius 2 is 1.61 bits per heavy atom. The van der Waals surface area contributed by atoms with Crippen LogP contribution < -0.4 is 4.74 Å². The van der Waals surface area contributed by atoms with Crippen molar-refractivity contribution in [2.24, 2.45) is 5.41 Å². The van der Waals surface area contributed by atoms with E-state index >= 15 is 0 Å². The van der Waals surface area contributed by atoms with Gasteiger partial charge in [0.05, 0.1) is 16.2 Å². The van der Waals surface area contributed by atoms with Crippen LogP contribution in [0.25, 0.3) is 22.4 Å². The molecule has 0 saturated carbocycles. The molecule has 0 spiro atoms. The summed E-state index contributed by atoms with van der Waals surface area (Å²) >= 11 is 0. The lowest BCUT2D eigenvalue weighted by Crippen LogP contribution is -2.26. The van der Waals surface area contributed by atoms with Gasteiger partial charge in [0.1, 0.15) is 6.61 Å². The largest absolute Gasteiger partial charge is 0.468 e. The predicted octanol–water partition coefficient (Wildman–Crippen LogP) is 4.63. The maximum absolute atomic E-state index is 12.4. The molecule has 0 unspecified atom stereocenters. The Bertz CT molecular complexity index is 1170. The number of hydrogen-bond acceptors (Lipinski definition) is 5. The highest BCUT2D eigenvalue weighted by Crippen LogP contribution is 2.39. The smallest absolute Gasteiger partial charge is 0.241 e. The first-order valence-electron chi connectivity index (χ1n) is 10.1. The number of sulfone groups is 1. The van der Waals surface area contributed by atoms with Gasteiger partial charge >= 0.3 is 0 Å². The molecule has 0 aliphatic rings. The fourth-order valence-electron chi connectivity index (χ4n) is 3.14. The Labute approximate surface area is 183 Å². The second kappa shape index (κ2) is 8.67. The molecule has 0 amide bonds. The molecule has 1 aromatic heterocycles. The quantitative estimate of drug-likeness (QED) is 0.535. The van der Waals surface area contributed by atoms with Crippen molar-refractivity contribution in [2.45, 2.75) is 39.1 Å². The highest BCUT2D eigenvalue weighted by Gasteiger charge is 2.25. The van der Waals surface area contributed by atoms with Crippen LogP contribution in [0.4, 0.5) is 0 Å². The van der Waals surface area contributed by atoms with E-state index in [-0.39, 0.29) is 17.3 Å². The number of nitrogens with zero attached hydrogens (tertiary/aromatic N) is 2. The van der Waals surface area contributed by atoms with E-state index in [0.717, 1.165) is 22.4 Å². The zero-order chi connectivity index (χ0) is 22.8. The molecule has 0 N–H and O–H groups in total. The minimum absolute atomic E-state index is 0.0170.